The highest BCUT2D eigenvalue weighted by molar-refractivity contribution is 5.92. The van der Waals surface area contributed by atoms with Crippen LogP contribution in [0.5, 0.6) is 11.5 Å². The molecule has 0 spiro atoms. The number of hydrogen-bond acceptors (Lipinski definition) is 5. The number of likely N-dealkylation sites (N-methyl/N-ethyl adjacent to an activating group) is 1. The van der Waals surface area contributed by atoms with Crippen molar-refractivity contribution in [1.29, 1.82) is 0 Å². The minimum Gasteiger partial charge on any atom is -0.490 e. The van der Waals surface area contributed by atoms with E-state index >= 15 is 0 Å². The Morgan fingerprint density at radius 2 is 1.80 bits per heavy atom. The van der Waals surface area contributed by atoms with Gasteiger partial charge in [-0.3, -0.25) is 4.79 Å². The van der Waals surface area contributed by atoms with E-state index in [1.54, 1.807) is 23.1 Å². The standard InChI is InChI=1S/C17H24N4O4/c1-20-5-7-21(8-6-20)16(22)12-18-17(23)19-13-3-4-14-15(11-13)25-10-2-9-24-14/h3-4,11H,2,5-10,12H2,1H3,(H2,18,19,23). The molecule has 0 aromatic heterocycles. The fourth-order valence-corrected chi connectivity index (χ4v) is 2.74. The van der Waals surface area contributed by atoms with Gasteiger partial charge in [-0.1, -0.05) is 0 Å². The lowest BCUT2D eigenvalue weighted by Gasteiger charge is -2.32. The van der Waals surface area contributed by atoms with Crippen LogP contribution in [0.1, 0.15) is 6.42 Å². The van der Waals surface area contributed by atoms with E-state index in [9.17, 15) is 9.59 Å². The smallest absolute Gasteiger partial charge is 0.319 e. The van der Waals surface area contributed by atoms with Crippen molar-refractivity contribution < 1.29 is 19.1 Å². The summed E-state index contributed by atoms with van der Waals surface area (Å²) in [6, 6.07) is 4.82. The Kier molecular flexibility index (Phi) is 5.60. The maximum atomic E-state index is 12.1. The van der Waals surface area contributed by atoms with E-state index < -0.39 is 6.03 Å². The van der Waals surface area contributed by atoms with Crippen molar-refractivity contribution in [1.82, 2.24) is 15.1 Å². The normalized spacial score (nSPS) is 17.6. The largest absolute Gasteiger partial charge is 0.490 e. The molecule has 2 aliphatic rings. The molecule has 0 bridgehead atoms. The lowest BCUT2D eigenvalue weighted by molar-refractivity contribution is -0.131. The van der Waals surface area contributed by atoms with Crippen molar-refractivity contribution in [2.24, 2.45) is 0 Å². The van der Waals surface area contributed by atoms with Crippen molar-refractivity contribution in [2.45, 2.75) is 6.42 Å². The molecule has 2 aliphatic heterocycles. The predicted octanol–water partition coefficient (Wildman–Crippen LogP) is 0.743. The number of rotatable bonds is 3. The second-order valence-corrected chi connectivity index (χ2v) is 6.20. The Bertz CT molecular complexity index is 629. The number of nitrogens with zero attached hydrogens (tertiary/aromatic N) is 2. The van der Waals surface area contributed by atoms with Gasteiger partial charge in [0.1, 0.15) is 0 Å². The molecular formula is C17H24N4O4. The lowest BCUT2D eigenvalue weighted by atomic mass is 10.3. The maximum absolute atomic E-state index is 12.1. The van der Waals surface area contributed by atoms with Crippen molar-refractivity contribution >= 4 is 17.6 Å². The van der Waals surface area contributed by atoms with Crippen LogP contribution in [0.4, 0.5) is 10.5 Å². The molecule has 0 aliphatic carbocycles. The van der Waals surface area contributed by atoms with Crippen molar-refractivity contribution in [3.8, 4) is 11.5 Å². The number of carbonyl (C=O) groups excluding carboxylic acids is 2. The van der Waals surface area contributed by atoms with Gasteiger partial charge in [0.05, 0.1) is 19.8 Å². The molecule has 1 aromatic rings. The third kappa shape index (κ3) is 4.76. The summed E-state index contributed by atoms with van der Waals surface area (Å²) in [5.74, 6) is 1.22. The molecule has 8 heteroatoms. The number of amides is 3. The number of ether oxygens (including phenoxy) is 2. The summed E-state index contributed by atoms with van der Waals surface area (Å²) in [5.41, 5.74) is 0.591. The predicted molar refractivity (Wildman–Crippen MR) is 93.1 cm³/mol. The second-order valence-electron chi connectivity index (χ2n) is 6.20. The SMILES string of the molecule is CN1CCN(C(=O)CNC(=O)Nc2ccc3c(c2)OCCCO3)CC1. The van der Waals surface area contributed by atoms with Crippen LogP contribution in [0.15, 0.2) is 18.2 Å². The number of carbonyl (C=O) groups is 2. The van der Waals surface area contributed by atoms with Crippen LogP contribution < -0.4 is 20.1 Å². The Morgan fingerprint density at radius 1 is 1.08 bits per heavy atom. The molecule has 3 amide bonds. The molecule has 1 fully saturated rings. The Balaban J connectivity index is 1.47. The third-order valence-electron chi connectivity index (χ3n) is 4.26. The summed E-state index contributed by atoms with van der Waals surface area (Å²) in [4.78, 5) is 28.1. The summed E-state index contributed by atoms with van der Waals surface area (Å²) in [5, 5.41) is 5.32. The highest BCUT2D eigenvalue weighted by Gasteiger charge is 2.19. The molecule has 136 valence electrons. The maximum Gasteiger partial charge on any atom is 0.319 e. The molecule has 0 atom stereocenters. The van der Waals surface area contributed by atoms with Crippen LogP contribution in [0.3, 0.4) is 0 Å². The van der Waals surface area contributed by atoms with Gasteiger partial charge in [-0.25, -0.2) is 4.79 Å². The summed E-state index contributed by atoms with van der Waals surface area (Å²) in [7, 11) is 2.03. The first-order valence-corrected chi connectivity index (χ1v) is 8.52. The summed E-state index contributed by atoms with van der Waals surface area (Å²) < 4.78 is 11.2. The number of benzene rings is 1. The first-order chi connectivity index (χ1) is 12.1. The van der Waals surface area contributed by atoms with Crippen LogP contribution in [-0.4, -0.2) is 74.7 Å². The first-order valence-electron chi connectivity index (χ1n) is 8.52. The zero-order valence-electron chi connectivity index (χ0n) is 14.4. The van der Waals surface area contributed by atoms with Crippen LogP contribution in [0, 0.1) is 0 Å². The monoisotopic (exact) mass is 348 g/mol. The van der Waals surface area contributed by atoms with E-state index in [1.165, 1.54) is 0 Å². The Morgan fingerprint density at radius 3 is 2.56 bits per heavy atom. The van der Waals surface area contributed by atoms with Gasteiger partial charge in [0.2, 0.25) is 5.91 Å². The molecule has 8 nitrogen and oxygen atoms in total. The van der Waals surface area contributed by atoms with Crippen molar-refractivity contribution in [2.75, 3.05) is 58.3 Å². The average Bonchev–Trinajstić information content (AvgIpc) is 2.85. The zero-order valence-corrected chi connectivity index (χ0v) is 14.4. The number of hydrogen-bond donors (Lipinski definition) is 2. The highest BCUT2D eigenvalue weighted by atomic mass is 16.5. The number of nitrogens with one attached hydrogen (secondary N) is 2. The first kappa shape index (κ1) is 17.3. The second kappa shape index (κ2) is 8.06. The summed E-state index contributed by atoms with van der Waals surface area (Å²) >= 11 is 0. The van der Waals surface area contributed by atoms with Crippen molar-refractivity contribution in [3.05, 3.63) is 18.2 Å². The van der Waals surface area contributed by atoms with Crippen molar-refractivity contribution in [3.63, 3.8) is 0 Å². The number of urea groups is 1. The molecule has 1 saturated heterocycles. The Hall–Kier alpha value is -2.48. The van der Waals surface area contributed by atoms with Gasteiger partial charge < -0.3 is 29.9 Å². The fourth-order valence-electron chi connectivity index (χ4n) is 2.74. The van der Waals surface area contributed by atoms with Crippen LogP contribution in [0.25, 0.3) is 0 Å². The van der Waals surface area contributed by atoms with Gasteiger partial charge in [0.25, 0.3) is 0 Å². The molecule has 0 radical (unpaired) electrons. The van der Waals surface area contributed by atoms with E-state index in [1.807, 2.05) is 7.05 Å². The Labute approximate surface area is 147 Å². The number of fused-ring (bicyclic) bond motifs is 1. The minimum absolute atomic E-state index is 0.0138. The lowest BCUT2D eigenvalue weighted by Crippen LogP contribution is -2.50. The van der Waals surface area contributed by atoms with Gasteiger partial charge in [-0.15, -0.1) is 0 Å². The van der Waals surface area contributed by atoms with E-state index in [4.69, 9.17) is 9.47 Å². The average molecular weight is 348 g/mol. The molecule has 2 N–H and O–H groups in total. The fraction of sp³-hybridized carbons (Fsp3) is 0.529. The van der Waals surface area contributed by atoms with Gasteiger partial charge >= 0.3 is 6.03 Å². The molecule has 1 aromatic carbocycles. The van der Waals surface area contributed by atoms with Gasteiger partial charge in [0.15, 0.2) is 11.5 Å². The highest BCUT2D eigenvalue weighted by Crippen LogP contribution is 2.32. The van der Waals surface area contributed by atoms with E-state index in [0.717, 1.165) is 19.5 Å². The summed E-state index contributed by atoms with van der Waals surface area (Å²) in [6.07, 6.45) is 0.826. The number of anilines is 1. The van der Waals surface area contributed by atoms with Gasteiger partial charge in [-0.05, 0) is 19.2 Å². The van der Waals surface area contributed by atoms with Crippen LogP contribution >= 0.6 is 0 Å². The topological polar surface area (TPSA) is 83.1 Å². The van der Waals surface area contributed by atoms with Crippen LogP contribution in [-0.2, 0) is 4.79 Å². The van der Waals surface area contributed by atoms with E-state index in [-0.39, 0.29) is 12.5 Å². The van der Waals surface area contributed by atoms with E-state index in [0.29, 0.717) is 43.5 Å². The summed E-state index contributed by atoms with van der Waals surface area (Å²) in [6.45, 7) is 4.29. The molecular weight excluding hydrogens is 324 g/mol. The molecule has 0 unspecified atom stereocenters. The number of piperazine rings is 1. The third-order valence-corrected chi connectivity index (χ3v) is 4.26. The molecule has 2 heterocycles. The minimum atomic E-state index is -0.419. The zero-order chi connectivity index (χ0) is 17.6. The molecule has 0 saturated carbocycles. The van der Waals surface area contributed by atoms with Gasteiger partial charge in [0, 0.05) is 44.4 Å². The van der Waals surface area contributed by atoms with E-state index in [2.05, 4.69) is 15.5 Å². The quantitative estimate of drug-likeness (QED) is 0.842. The molecule has 3 rings (SSSR count). The van der Waals surface area contributed by atoms with Crippen LogP contribution in [0.2, 0.25) is 0 Å². The van der Waals surface area contributed by atoms with Gasteiger partial charge in [-0.2, -0.15) is 0 Å². The molecule has 25 heavy (non-hydrogen) atoms.